The van der Waals surface area contributed by atoms with Crippen LogP contribution in [0.15, 0.2) is 4.99 Å². The van der Waals surface area contributed by atoms with Gasteiger partial charge in [-0.25, -0.2) is 0 Å². The number of rotatable bonds is 2. The smallest absolute Gasteiger partial charge is 0.0943 e. The Labute approximate surface area is 74.2 Å². The van der Waals surface area contributed by atoms with Crippen molar-refractivity contribution in [3.63, 3.8) is 0 Å². The molecule has 0 aromatic heterocycles. The monoisotopic (exact) mass is 166 g/mol. The van der Waals surface area contributed by atoms with Crippen molar-refractivity contribution in [2.75, 3.05) is 0 Å². The van der Waals surface area contributed by atoms with Crippen LogP contribution in [-0.2, 0) is 0 Å². The van der Waals surface area contributed by atoms with E-state index < -0.39 is 0 Å². The summed E-state index contributed by atoms with van der Waals surface area (Å²) < 4.78 is 0. The van der Waals surface area contributed by atoms with Gasteiger partial charge < -0.3 is 5.73 Å². The van der Waals surface area contributed by atoms with Gasteiger partial charge in [0.1, 0.15) is 0 Å². The number of nitrogens with two attached hydrogens (primary N) is 1. The van der Waals surface area contributed by atoms with Crippen LogP contribution in [0, 0.1) is 17.8 Å². The summed E-state index contributed by atoms with van der Waals surface area (Å²) in [6.07, 6.45) is 3.66. The minimum absolute atomic E-state index is 0.605. The third-order valence-electron chi connectivity index (χ3n) is 3.31. The standard InChI is InChI=1S/C10H18N2/c1-3-4-7-9-6(2)5-8(11)12-10(7)9/h6-7,9-10H,3-5H2,1-2H3,(H2,11,12)/t6-,7-,9-,10+/m0/s1. The second-order valence-electron chi connectivity index (χ2n) is 4.32. The van der Waals surface area contributed by atoms with Crippen molar-refractivity contribution in [1.29, 1.82) is 0 Å². The summed E-state index contributed by atoms with van der Waals surface area (Å²) in [7, 11) is 0. The Bertz CT molecular complexity index is 210. The molecule has 0 spiro atoms. The number of aliphatic imine (C=N–C) groups is 1. The summed E-state index contributed by atoms with van der Waals surface area (Å²) in [4.78, 5) is 4.50. The average molecular weight is 166 g/mol. The Kier molecular flexibility index (Phi) is 1.85. The van der Waals surface area contributed by atoms with Gasteiger partial charge >= 0.3 is 0 Å². The molecule has 2 aliphatic rings. The number of fused-ring (bicyclic) bond motifs is 1. The van der Waals surface area contributed by atoms with Gasteiger partial charge in [-0.15, -0.1) is 0 Å². The molecule has 0 unspecified atom stereocenters. The SMILES string of the molecule is CCC[C@@H]1[C@H]2N=C(N)C[C@H](C)[C@@H]12. The van der Waals surface area contributed by atoms with E-state index in [-0.39, 0.29) is 0 Å². The zero-order valence-electron chi connectivity index (χ0n) is 7.96. The molecule has 2 nitrogen and oxygen atoms in total. The van der Waals surface area contributed by atoms with Crippen LogP contribution < -0.4 is 5.73 Å². The van der Waals surface area contributed by atoms with Gasteiger partial charge in [-0.2, -0.15) is 0 Å². The molecule has 68 valence electrons. The highest BCUT2D eigenvalue weighted by atomic mass is 15.0. The fourth-order valence-electron chi connectivity index (χ4n) is 2.73. The Morgan fingerprint density at radius 2 is 2.33 bits per heavy atom. The van der Waals surface area contributed by atoms with Crippen molar-refractivity contribution < 1.29 is 0 Å². The van der Waals surface area contributed by atoms with Crippen molar-refractivity contribution in [3.8, 4) is 0 Å². The fraction of sp³-hybridized carbons (Fsp3) is 0.900. The molecule has 0 bridgehead atoms. The second-order valence-corrected chi connectivity index (χ2v) is 4.32. The van der Waals surface area contributed by atoms with E-state index in [9.17, 15) is 0 Å². The molecule has 12 heavy (non-hydrogen) atoms. The first-order valence-electron chi connectivity index (χ1n) is 5.06. The lowest BCUT2D eigenvalue weighted by molar-refractivity contribution is 0.466. The summed E-state index contributed by atoms with van der Waals surface area (Å²) in [5.74, 6) is 3.41. The lowest BCUT2D eigenvalue weighted by atomic mass is 9.97. The number of hydrogen-bond donors (Lipinski definition) is 1. The first-order valence-corrected chi connectivity index (χ1v) is 5.06. The van der Waals surface area contributed by atoms with Crippen LogP contribution in [0.3, 0.4) is 0 Å². The summed E-state index contributed by atoms with van der Waals surface area (Å²) >= 11 is 0. The van der Waals surface area contributed by atoms with Crippen molar-refractivity contribution in [2.45, 2.75) is 39.2 Å². The highest BCUT2D eigenvalue weighted by Gasteiger charge is 2.53. The predicted octanol–water partition coefficient (Wildman–Crippen LogP) is 1.80. The van der Waals surface area contributed by atoms with E-state index in [2.05, 4.69) is 18.8 Å². The van der Waals surface area contributed by atoms with Crippen LogP contribution in [0.1, 0.15) is 33.1 Å². The van der Waals surface area contributed by atoms with Crippen molar-refractivity contribution >= 4 is 5.84 Å². The molecule has 0 aromatic carbocycles. The van der Waals surface area contributed by atoms with Crippen LogP contribution in [0.2, 0.25) is 0 Å². The lowest BCUT2D eigenvalue weighted by Gasteiger charge is -2.13. The minimum atomic E-state index is 0.605. The van der Waals surface area contributed by atoms with Gasteiger partial charge in [0.05, 0.1) is 11.9 Å². The topological polar surface area (TPSA) is 38.4 Å². The molecule has 4 atom stereocenters. The van der Waals surface area contributed by atoms with Crippen LogP contribution in [-0.4, -0.2) is 11.9 Å². The molecular weight excluding hydrogens is 148 g/mol. The van der Waals surface area contributed by atoms with E-state index in [0.717, 1.165) is 30.0 Å². The molecule has 2 rings (SSSR count). The van der Waals surface area contributed by atoms with E-state index in [1.807, 2.05) is 0 Å². The van der Waals surface area contributed by atoms with Crippen LogP contribution in [0.5, 0.6) is 0 Å². The normalized spacial score (nSPS) is 45.0. The molecule has 1 aliphatic heterocycles. The van der Waals surface area contributed by atoms with E-state index >= 15 is 0 Å². The van der Waals surface area contributed by atoms with E-state index in [4.69, 9.17) is 5.73 Å². The molecule has 0 aromatic rings. The first kappa shape index (κ1) is 8.09. The summed E-state index contributed by atoms with van der Waals surface area (Å²) in [6, 6.07) is 0.605. The van der Waals surface area contributed by atoms with Crippen LogP contribution in [0.25, 0.3) is 0 Å². The molecule has 1 saturated carbocycles. The van der Waals surface area contributed by atoms with Crippen molar-refractivity contribution in [2.24, 2.45) is 28.5 Å². The summed E-state index contributed by atoms with van der Waals surface area (Å²) in [6.45, 7) is 4.57. The van der Waals surface area contributed by atoms with E-state index in [1.54, 1.807) is 0 Å². The largest absolute Gasteiger partial charge is 0.387 e. The summed E-state index contributed by atoms with van der Waals surface area (Å²) in [5.41, 5.74) is 5.75. The van der Waals surface area contributed by atoms with Gasteiger partial charge in [0.15, 0.2) is 0 Å². The Morgan fingerprint density at radius 1 is 1.58 bits per heavy atom. The Balaban J connectivity index is 2.02. The molecule has 0 amide bonds. The van der Waals surface area contributed by atoms with Crippen LogP contribution in [0.4, 0.5) is 0 Å². The zero-order valence-corrected chi connectivity index (χ0v) is 7.96. The minimum Gasteiger partial charge on any atom is -0.387 e. The molecule has 2 N–H and O–H groups in total. The highest BCUT2D eigenvalue weighted by Crippen LogP contribution is 2.52. The summed E-state index contributed by atoms with van der Waals surface area (Å²) in [5, 5.41) is 0. The maximum atomic E-state index is 5.75. The Morgan fingerprint density at radius 3 is 3.00 bits per heavy atom. The fourth-order valence-corrected chi connectivity index (χ4v) is 2.73. The van der Waals surface area contributed by atoms with E-state index in [0.29, 0.717) is 6.04 Å². The molecule has 1 aliphatic carbocycles. The Hall–Kier alpha value is -0.530. The van der Waals surface area contributed by atoms with Gasteiger partial charge in [0.25, 0.3) is 0 Å². The quantitative estimate of drug-likeness (QED) is 0.667. The van der Waals surface area contributed by atoms with Crippen molar-refractivity contribution in [1.82, 2.24) is 0 Å². The van der Waals surface area contributed by atoms with Gasteiger partial charge in [0, 0.05) is 6.42 Å². The maximum Gasteiger partial charge on any atom is 0.0943 e. The third kappa shape index (κ3) is 1.13. The molecule has 0 saturated heterocycles. The maximum absolute atomic E-state index is 5.75. The first-order chi connectivity index (χ1) is 5.74. The lowest BCUT2D eigenvalue weighted by Crippen LogP contribution is -2.22. The molecule has 1 fully saturated rings. The third-order valence-corrected chi connectivity index (χ3v) is 3.31. The molecule has 2 heteroatoms. The average Bonchev–Trinajstić information content (AvgIpc) is 2.63. The van der Waals surface area contributed by atoms with Crippen LogP contribution >= 0.6 is 0 Å². The van der Waals surface area contributed by atoms with Gasteiger partial charge in [0.2, 0.25) is 0 Å². The van der Waals surface area contributed by atoms with Crippen molar-refractivity contribution in [3.05, 3.63) is 0 Å². The number of amidine groups is 1. The zero-order chi connectivity index (χ0) is 8.72. The molecular formula is C10H18N2. The van der Waals surface area contributed by atoms with E-state index in [1.165, 1.54) is 12.8 Å². The predicted molar refractivity (Wildman–Crippen MR) is 51.1 cm³/mol. The van der Waals surface area contributed by atoms with Gasteiger partial charge in [-0.3, -0.25) is 4.99 Å². The molecule has 0 radical (unpaired) electrons. The number of hydrogen-bond acceptors (Lipinski definition) is 2. The molecule has 1 heterocycles. The highest BCUT2D eigenvalue weighted by molar-refractivity contribution is 5.82. The van der Waals surface area contributed by atoms with Gasteiger partial charge in [-0.05, 0) is 24.2 Å². The van der Waals surface area contributed by atoms with Gasteiger partial charge in [-0.1, -0.05) is 20.3 Å². The number of nitrogens with zero attached hydrogens (tertiary/aromatic N) is 1. The second kappa shape index (κ2) is 2.75.